The second kappa shape index (κ2) is 15.6. The number of fused-ring (bicyclic) bond motifs is 9. The second-order valence-electron chi connectivity index (χ2n) is 17.2. The first-order chi connectivity index (χ1) is 36.5. The molecule has 67 heavy (non-hydrogen) atoms. The normalized spacial score (nSPS) is 14.1. The topological polar surface area (TPSA) is 48.9 Å². The average molecular weight is 1050 g/mol. The molecule has 0 saturated carbocycles. The predicted molar refractivity (Wildman–Crippen MR) is 266 cm³/mol. The van der Waals surface area contributed by atoms with Gasteiger partial charge < -0.3 is 18.1 Å². The van der Waals surface area contributed by atoms with E-state index in [1.54, 1.807) is 27.3 Å². The molecule has 324 valence electrons. The number of pyridine rings is 1. The van der Waals surface area contributed by atoms with E-state index in [9.17, 15) is 0 Å². The molecule has 0 atom stereocenters. The quantitative estimate of drug-likeness (QED) is 0.123. The molecule has 0 spiro atoms. The minimum absolute atomic E-state index is 0. The van der Waals surface area contributed by atoms with Gasteiger partial charge in [-0.15, -0.1) is 18.2 Å². The van der Waals surface area contributed by atoms with Gasteiger partial charge in [0.25, 0.3) is 6.33 Å². The molecular formula is C59H41N7Pt-2. The van der Waals surface area contributed by atoms with Gasteiger partial charge in [0.15, 0.2) is 0 Å². The van der Waals surface area contributed by atoms with Gasteiger partial charge in [-0.1, -0.05) is 171 Å². The SMILES string of the molecule is [2H]c1c([2H])c([2H])c(-c2cccc(-c3c([2H])c([2H])c([2H])c([2H])c3[2H])c2-[n+]2[c-]n(-c3[c-]c(-n4c5[c-]c6c(cc5n5c7ccccc7nc45)c4ccccc4n6-c4cc(C(C)(C)C)ccn4)ccc3)c3ccccc32)c([2H])c1[2H].[Pt]. The number of aromatic nitrogens is 7. The summed E-state index contributed by atoms with van der Waals surface area (Å²) in [5, 5.41) is 2.04. The molecule has 0 saturated heterocycles. The molecule has 7 nitrogen and oxygen atoms in total. The van der Waals surface area contributed by atoms with E-state index >= 15 is 0 Å². The van der Waals surface area contributed by atoms with E-state index in [0.29, 0.717) is 28.2 Å². The summed E-state index contributed by atoms with van der Waals surface area (Å²) in [5.74, 6) is 1.40. The Kier molecular flexibility index (Phi) is 7.27. The van der Waals surface area contributed by atoms with Crippen LogP contribution in [-0.2, 0) is 26.5 Å². The maximum atomic E-state index is 9.11. The van der Waals surface area contributed by atoms with Crippen LogP contribution in [0.5, 0.6) is 0 Å². The van der Waals surface area contributed by atoms with Gasteiger partial charge in [0.05, 0.1) is 41.5 Å². The van der Waals surface area contributed by atoms with Crippen LogP contribution in [0.2, 0.25) is 0 Å². The van der Waals surface area contributed by atoms with Crippen LogP contribution in [0.1, 0.15) is 40.0 Å². The molecule has 0 fully saturated rings. The summed E-state index contributed by atoms with van der Waals surface area (Å²) < 4.78 is 97.7. The predicted octanol–water partition coefficient (Wildman–Crippen LogP) is 13.2. The molecule has 0 bridgehead atoms. The Bertz CT molecular complexity index is 4520. The first-order valence-corrected chi connectivity index (χ1v) is 21.5. The van der Waals surface area contributed by atoms with Gasteiger partial charge >= 0.3 is 0 Å². The third-order valence-corrected chi connectivity index (χ3v) is 12.3. The van der Waals surface area contributed by atoms with Crippen molar-refractivity contribution < 1.29 is 39.3 Å². The standard InChI is InChI=1S/C59H41N7.Pt/c1-59(2,3)41-32-33-60-56(34-41)65-49-28-12-10-24-46(49)47-36-54-55(37-53(47)65)64(58-61-48-27-11-13-29-50(48)66(54)58)43-23-16-22-42(35-43)62-38-63(52-31-15-14-30-51(52)62)57-44(39-18-6-4-7-19-39)25-17-26-45(57)40-20-8-5-9-21-40;/h4-34,36H,1-3H3;/q-2;/i4D,5D,6D,7D,8D,9D,18D,19D,20D,21D;. The van der Waals surface area contributed by atoms with Gasteiger partial charge in [-0.3, -0.25) is 4.57 Å². The molecule has 0 aliphatic carbocycles. The summed E-state index contributed by atoms with van der Waals surface area (Å²) in [6.07, 6.45) is 5.35. The van der Waals surface area contributed by atoms with Crippen molar-refractivity contribution in [1.82, 2.24) is 28.1 Å². The van der Waals surface area contributed by atoms with Gasteiger partial charge in [-0.05, 0) is 85.7 Å². The summed E-state index contributed by atoms with van der Waals surface area (Å²) >= 11 is 0. The van der Waals surface area contributed by atoms with Crippen molar-refractivity contribution in [2.24, 2.45) is 0 Å². The number of imidazole rings is 3. The number of para-hydroxylation sites is 6. The smallest absolute Gasteiger partial charge is 0.268 e. The van der Waals surface area contributed by atoms with Crippen molar-refractivity contribution in [3.8, 4) is 45.1 Å². The molecule has 5 aromatic heterocycles. The van der Waals surface area contributed by atoms with Crippen molar-refractivity contribution in [3.05, 3.63) is 218 Å². The average Bonchev–Trinajstić information content (AvgIpc) is 4.21. The zero-order valence-electron chi connectivity index (χ0n) is 46.1. The molecule has 0 N–H and O–H groups in total. The van der Waals surface area contributed by atoms with Crippen molar-refractivity contribution >= 4 is 60.7 Å². The molecule has 0 radical (unpaired) electrons. The van der Waals surface area contributed by atoms with Crippen molar-refractivity contribution in [2.45, 2.75) is 26.2 Å². The van der Waals surface area contributed by atoms with Crippen LogP contribution in [-0.4, -0.2) is 28.1 Å². The van der Waals surface area contributed by atoms with Crippen molar-refractivity contribution in [3.63, 3.8) is 0 Å². The largest absolute Gasteiger partial charge is 0.331 e. The summed E-state index contributed by atoms with van der Waals surface area (Å²) in [6, 6.07) is 42.9. The van der Waals surface area contributed by atoms with E-state index < -0.39 is 60.4 Å². The summed E-state index contributed by atoms with van der Waals surface area (Å²) in [6.45, 7) is 6.56. The van der Waals surface area contributed by atoms with E-state index in [1.807, 2.05) is 83.6 Å². The molecule has 0 aliphatic heterocycles. The Hall–Kier alpha value is -7.86. The second-order valence-corrected chi connectivity index (χ2v) is 17.2. The van der Waals surface area contributed by atoms with E-state index in [4.69, 9.17) is 23.7 Å². The third kappa shape index (κ3) is 6.40. The van der Waals surface area contributed by atoms with Gasteiger partial charge in [0.1, 0.15) is 5.82 Å². The molecule has 13 rings (SSSR count). The Morgan fingerprint density at radius 3 is 1.99 bits per heavy atom. The van der Waals surface area contributed by atoms with Crippen molar-refractivity contribution in [2.75, 3.05) is 0 Å². The number of hydrogen-bond acceptors (Lipinski definition) is 2. The van der Waals surface area contributed by atoms with Gasteiger partial charge in [-0.2, -0.15) is 18.2 Å². The molecule has 0 aliphatic rings. The van der Waals surface area contributed by atoms with Gasteiger partial charge in [0, 0.05) is 32.8 Å². The van der Waals surface area contributed by atoms with Crippen LogP contribution in [0.15, 0.2) is 194 Å². The molecule has 5 heterocycles. The zero-order valence-corrected chi connectivity index (χ0v) is 38.4. The number of hydrogen-bond donors (Lipinski definition) is 0. The van der Waals surface area contributed by atoms with E-state index in [1.165, 1.54) is 0 Å². The monoisotopic (exact) mass is 1050 g/mol. The fraction of sp³-hybridized carbons (Fsp3) is 0.0678. The fourth-order valence-corrected chi connectivity index (χ4v) is 9.30. The van der Waals surface area contributed by atoms with Crippen LogP contribution >= 0.6 is 0 Å². The summed E-state index contributed by atoms with van der Waals surface area (Å²) in [5.41, 5.74) is 8.64. The summed E-state index contributed by atoms with van der Waals surface area (Å²) in [4.78, 5) is 10.2. The van der Waals surface area contributed by atoms with E-state index in [2.05, 4.69) is 84.6 Å². The van der Waals surface area contributed by atoms with Crippen LogP contribution in [0, 0.1) is 18.5 Å². The molecule has 0 unspecified atom stereocenters. The first kappa shape index (κ1) is 31.1. The molecule has 0 amide bonds. The number of nitrogens with zero attached hydrogens (tertiary/aromatic N) is 7. The maximum absolute atomic E-state index is 9.11. The molecular weight excluding hydrogens is 1000 g/mol. The van der Waals surface area contributed by atoms with Crippen molar-refractivity contribution in [1.29, 1.82) is 0 Å². The number of benzene rings is 8. The van der Waals surface area contributed by atoms with Crippen LogP contribution in [0.3, 0.4) is 0 Å². The third-order valence-electron chi connectivity index (χ3n) is 12.3. The van der Waals surface area contributed by atoms with Gasteiger partial charge in [0.2, 0.25) is 5.78 Å². The summed E-state index contributed by atoms with van der Waals surface area (Å²) in [7, 11) is 0. The minimum atomic E-state index is -0.572. The van der Waals surface area contributed by atoms with Crippen LogP contribution < -0.4 is 4.57 Å². The van der Waals surface area contributed by atoms with E-state index in [-0.39, 0.29) is 54.4 Å². The van der Waals surface area contributed by atoms with Gasteiger partial charge in [-0.25, -0.2) is 9.97 Å². The maximum Gasteiger partial charge on any atom is 0.268 e. The minimum Gasteiger partial charge on any atom is -0.331 e. The fourth-order valence-electron chi connectivity index (χ4n) is 9.30. The van der Waals surface area contributed by atoms with E-state index in [0.717, 1.165) is 55.3 Å². The number of rotatable bonds is 6. The molecule has 8 aromatic carbocycles. The van der Waals surface area contributed by atoms with Crippen LogP contribution in [0.25, 0.3) is 106 Å². The molecule has 8 heteroatoms. The Morgan fingerprint density at radius 2 is 1.24 bits per heavy atom. The first-order valence-electron chi connectivity index (χ1n) is 26.5. The Balaban J connectivity index is 0.00000596. The zero-order chi connectivity index (χ0) is 52.8. The Morgan fingerprint density at radius 1 is 0.582 bits per heavy atom. The Labute approximate surface area is 415 Å². The van der Waals surface area contributed by atoms with Crippen LogP contribution in [0.4, 0.5) is 0 Å². The molecule has 13 aromatic rings.